The summed E-state index contributed by atoms with van der Waals surface area (Å²) in [5, 5.41) is 2.77. The molecular formula is C12H9Br2NO2. The number of aryl methyl sites for hydroxylation is 1. The van der Waals surface area contributed by atoms with Crippen molar-refractivity contribution in [2.45, 2.75) is 6.92 Å². The lowest BCUT2D eigenvalue weighted by atomic mass is 10.2. The van der Waals surface area contributed by atoms with E-state index in [1.807, 2.05) is 25.1 Å². The largest absolute Gasteiger partial charge is 0.444 e. The van der Waals surface area contributed by atoms with Gasteiger partial charge in [0.25, 0.3) is 5.91 Å². The molecule has 0 unspecified atom stereocenters. The molecule has 1 heterocycles. The molecule has 0 bridgehead atoms. The minimum Gasteiger partial charge on any atom is -0.444 e. The van der Waals surface area contributed by atoms with E-state index in [-0.39, 0.29) is 11.7 Å². The average molecular weight is 359 g/mol. The minimum atomic E-state index is -0.270. The standard InChI is InChI=1S/C12H9Br2NO2/c1-7-4-8(13)6-9(5-7)15-12(16)10-2-3-11(14)17-10/h2-6H,1H3,(H,15,16). The maximum absolute atomic E-state index is 11.8. The highest BCUT2D eigenvalue weighted by atomic mass is 79.9. The Morgan fingerprint density at radius 2 is 2.00 bits per heavy atom. The van der Waals surface area contributed by atoms with Crippen LogP contribution in [0.25, 0.3) is 0 Å². The molecule has 3 nitrogen and oxygen atoms in total. The highest BCUT2D eigenvalue weighted by molar-refractivity contribution is 9.10. The highest BCUT2D eigenvalue weighted by Crippen LogP contribution is 2.20. The Morgan fingerprint density at radius 1 is 1.24 bits per heavy atom. The summed E-state index contributed by atoms with van der Waals surface area (Å²) in [6.07, 6.45) is 0. The van der Waals surface area contributed by atoms with Crippen LogP contribution in [0.4, 0.5) is 5.69 Å². The van der Waals surface area contributed by atoms with Crippen LogP contribution in [0.2, 0.25) is 0 Å². The van der Waals surface area contributed by atoms with Gasteiger partial charge in [-0.2, -0.15) is 0 Å². The molecule has 0 fully saturated rings. The number of nitrogens with one attached hydrogen (secondary N) is 1. The van der Waals surface area contributed by atoms with Crippen molar-refractivity contribution in [1.82, 2.24) is 0 Å². The molecule has 88 valence electrons. The van der Waals surface area contributed by atoms with E-state index in [1.54, 1.807) is 12.1 Å². The van der Waals surface area contributed by atoms with Gasteiger partial charge in [-0.05, 0) is 58.7 Å². The van der Waals surface area contributed by atoms with Gasteiger partial charge in [0, 0.05) is 10.2 Å². The monoisotopic (exact) mass is 357 g/mol. The Kier molecular flexibility index (Phi) is 3.69. The van der Waals surface area contributed by atoms with Crippen LogP contribution in [-0.4, -0.2) is 5.91 Å². The zero-order valence-electron chi connectivity index (χ0n) is 8.96. The Balaban J connectivity index is 2.18. The van der Waals surface area contributed by atoms with Gasteiger partial charge in [-0.15, -0.1) is 0 Å². The molecule has 0 aliphatic carbocycles. The maximum atomic E-state index is 11.8. The second-order valence-corrected chi connectivity index (χ2v) is 5.27. The Hall–Kier alpha value is -1.07. The SMILES string of the molecule is Cc1cc(Br)cc(NC(=O)c2ccc(Br)o2)c1. The second-order valence-electron chi connectivity index (χ2n) is 3.58. The van der Waals surface area contributed by atoms with E-state index in [0.717, 1.165) is 15.7 Å². The third-order valence-electron chi connectivity index (χ3n) is 2.10. The Morgan fingerprint density at radius 3 is 2.59 bits per heavy atom. The summed E-state index contributed by atoms with van der Waals surface area (Å²) < 4.78 is 6.63. The number of anilines is 1. The number of hydrogen-bond acceptors (Lipinski definition) is 2. The topological polar surface area (TPSA) is 42.2 Å². The summed E-state index contributed by atoms with van der Waals surface area (Å²) in [7, 11) is 0. The number of carbonyl (C=O) groups excluding carboxylic acids is 1. The molecule has 2 rings (SSSR count). The molecule has 5 heteroatoms. The molecule has 1 aromatic carbocycles. The van der Waals surface area contributed by atoms with E-state index in [1.165, 1.54) is 0 Å². The van der Waals surface area contributed by atoms with E-state index in [0.29, 0.717) is 4.67 Å². The molecule has 0 radical (unpaired) electrons. The first kappa shape index (κ1) is 12.4. The van der Waals surface area contributed by atoms with E-state index in [4.69, 9.17) is 4.42 Å². The summed E-state index contributed by atoms with van der Waals surface area (Å²) in [6, 6.07) is 8.99. The number of furan rings is 1. The smallest absolute Gasteiger partial charge is 0.291 e. The predicted octanol–water partition coefficient (Wildman–Crippen LogP) is 4.37. The summed E-state index contributed by atoms with van der Waals surface area (Å²) in [4.78, 5) is 11.8. The lowest BCUT2D eigenvalue weighted by Gasteiger charge is -2.05. The van der Waals surface area contributed by atoms with Crippen molar-refractivity contribution in [2.75, 3.05) is 5.32 Å². The van der Waals surface area contributed by atoms with Crippen molar-refractivity contribution in [3.63, 3.8) is 0 Å². The first-order chi connectivity index (χ1) is 8.04. The van der Waals surface area contributed by atoms with Crippen LogP contribution in [0.1, 0.15) is 16.1 Å². The van der Waals surface area contributed by atoms with Crippen molar-refractivity contribution in [3.05, 3.63) is 50.8 Å². The fraction of sp³-hybridized carbons (Fsp3) is 0.0833. The van der Waals surface area contributed by atoms with Crippen molar-refractivity contribution in [1.29, 1.82) is 0 Å². The van der Waals surface area contributed by atoms with Crippen LogP contribution in [-0.2, 0) is 0 Å². The van der Waals surface area contributed by atoms with Crippen molar-refractivity contribution < 1.29 is 9.21 Å². The number of amides is 1. The lowest BCUT2D eigenvalue weighted by Crippen LogP contribution is -2.10. The van der Waals surface area contributed by atoms with Gasteiger partial charge >= 0.3 is 0 Å². The zero-order valence-corrected chi connectivity index (χ0v) is 12.1. The predicted molar refractivity (Wildman–Crippen MR) is 73.2 cm³/mol. The number of benzene rings is 1. The van der Waals surface area contributed by atoms with Gasteiger partial charge in [0.05, 0.1) is 0 Å². The van der Waals surface area contributed by atoms with Gasteiger partial charge in [-0.1, -0.05) is 15.9 Å². The molecule has 0 aliphatic heterocycles. The van der Waals surface area contributed by atoms with Gasteiger partial charge in [0.1, 0.15) is 0 Å². The van der Waals surface area contributed by atoms with Gasteiger partial charge in [0.15, 0.2) is 10.4 Å². The summed E-state index contributed by atoms with van der Waals surface area (Å²) >= 11 is 6.54. The van der Waals surface area contributed by atoms with E-state index < -0.39 is 0 Å². The second kappa shape index (κ2) is 5.06. The molecule has 17 heavy (non-hydrogen) atoms. The van der Waals surface area contributed by atoms with Crippen LogP contribution < -0.4 is 5.32 Å². The molecule has 1 amide bonds. The zero-order chi connectivity index (χ0) is 12.4. The molecule has 0 spiro atoms. The van der Waals surface area contributed by atoms with Crippen LogP contribution in [0, 0.1) is 6.92 Å². The maximum Gasteiger partial charge on any atom is 0.291 e. The lowest BCUT2D eigenvalue weighted by molar-refractivity contribution is 0.0995. The summed E-state index contributed by atoms with van der Waals surface area (Å²) in [5.74, 6) is 0.00250. The highest BCUT2D eigenvalue weighted by Gasteiger charge is 2.10. The molecule has 0 aliphatic rings. The van der Waals surface area contributed by atoms with Gasteiger partial charge in [-0.25, -0.2) is 0 Å². The molecule has 2 aromatic rings. The van der Waals surface area contributed by atoms with Gasteiger partial charge < -0.3 is 9.73 Å². The first-order valence-corrected chi connectivity index (χ1v) is 6.47. The molecule has 0 saturated carbocycles. The fourth-order valence-corrected chi connectivity index (χ4v) is 2.35. The first-order valence-electron chi connectivity index (χ1n) is 4.88. The van der Waals surface area contributed by atoms with Gasteiger partial charge in [-0.3, -0.25) is 4.79 Å². The van der Waals surface area contributed by atoms with E-state index in [9.17, 15) is 4.79 Å². The minimum absolute atomic E-state index is 0.270. The van der Waals surface area contributed by atoms with Crippen molar-refractivity contribution in [2.24, 2.45) is 0 Å². The van der Waals surface area contributed by atoms with E-state index >= 15 is 0 Å². The van der Waals surface area contributed by atoms with Crippen LogP contribution in [0.3, 0.4) is 0 Å². The van der Waals surface area contributed by atoms with Crippen LogP contribution >= 0.6 is 31.9 Å². The summed E-state index contributed by atoms with van der Waals surface area (Å²) in [6.45, 7) is 1.96. The Labute approximate surface area is 115 Å². The average Bonchev–Trinajstić information content (AvgIpc) is 2.63. The number of hydrogen-bond donors (Lipinski definition) is 1. The molecule has 0 atom stereocenters. The Bertz CT molecular complexity index is 543. The molecule has 1 N–H and O–H groups in total. The third kappa shape index (κ3) is 3.20. The molecular weight excluding hydrogens is 350 g/mol. The quantitative estimate of drug-likeness (QED) is 0.866. The number of rotatable bonds is 2. The van der Waals surface area contributed by atoms with Gasteiger partial charge in [0.2, 0.25) is 0 Å². The molecule has 1 aromatic heterocycles. The van der Waals surface area contributed by atoms with Crippen LogP contribution in [0.15, 0.2) is 43.9 Å². The normalized spacial score (nSPS) is 10.3. The fourth-order valence-electron chi connectivity index (χ4n) is 1.44. The van der Waals surface area contributed by atoms with Crippen molar-refractivity contribution in [3.8, 4) is 0 Å². The number of carbonyl (C=O) groups is 1. The van der Waals surface area contributed by atoms with Crippen LogP contribution in [0.5, 0.6) is 0 Å². The number of halogens is 2. The molecule has 0 saturated heterocycles. The van der Waals surface area contributed by atoms with Crippen molar-refractivity contribution >= 4 is 43.5 Å². The van der Waals surface area contributed by atoms with E-state index in [2.05, 4.69) is 37.2 Å². The summed E-state index contributed by atoms with van der Waals surface area (Å²) in [5.41, 5.74) is 1.80. The third-order valence-corrected chi connectivity index (χ3v) is 2.98.